The molecule has 1 saturated carbocycles. The molecule has 92 heavy (non-hydrogen) atoms. The Bertz CT molecular complexity index is 2960. The van der Waals surface area contributed by atoms with E-state index >= 15 is 0 Å². The van der Waals surface area contributed by atoms with Gasteiger partial charge in [0, 0.05) is 94.4 Å². The molecular formula is C61H86N10O20S. The van der Waals surface area contributed by atoms with E-state index in [0.29, 0.717) is 45.5 Å². The first kappa shape index (κ1) is 70.7. The van der Waals surface area contributed by atoms with E-state index in [-0.39, 0.29) is 48.7 Å². The Balaban J connectivity index is 0.997. The molecule has 0 spiro atoms. The van der Waals surface area contributed by atoms with Crippen LogP contribution in [0, 0.1) is 5.92 Å². The maximum Gasteiger partial charge on any atom is 0.261 e. The van der Waals surface area contributed by atoms with Crippen LogP contribution >= 0.6 is 12.3 Å². The molecule has 30 nitrogen and oxygen atoms in total. The summed E-state index contributed by atoms with van der Waals surface area (Å²) in [6.07, 6.45) is -4.93. The quantitative estimate of drug-likeness (QED) is 0.0250. The topological polar surface area (TPSA) is 427 Å². The van der Waals surface area contributed by atoms with E-state index < -0.39 is 158 Å². The van der Waals surface area contributed by atoms with Crippen molar-refractivity contribution in [3.63, 3.8) is 0 Å². The van der Waals surface area contributed by atoms with Gasteiger partial charge in [0.25, 0.3) is 18.2 Å². The number of carbonyl (C=O) groups excluding carboxylic acids is 7. The molecule has 0 radical (unpaired) electrons. The lowest BCUT2D eigenvalue weighted by molar-refractivity contribution is -0.433. The molecule has 4 saturated heterocycles. The van der Waals surface area contributed by atoms with Gasteiger partial charge in [-0.1, -0.05) is 41.6 Å². The number of phenols is 1. The van der Waals surface area contributed by atoms with Crippen molar-refractivity contribution in [1.82, 2.24) is 36.4 Å². The van der Waals surface area contributed by atoms with Crippen molar-refractivity contribution in [3.8, 4) is 17.2 Å². The second kappa shape index (κ2) is 33.6. The van der Waals surface area contributed by atoms with Crippen LogP contribution < -0.4 is 51.0 Å². The average molecular weight is 1310 g/mol. The molecule has 3 aromatic rings. The van der Waals surface area contributed by atoms with Gasteiger partial charge < -0.3 is 101 Å². The minimum atomic E-state index is -2.10. The maximum absolute atomic E-state index is 14.7. The van der Waals surface area contributed by atoms with Crippen LogP contribution in [0.1, 0.15) is 87.6 Å². The molecule has 1 aliphatic carbocycles. The number of benzene rings is 3. The fourth-order valence-corrected chi connectivity index (χ4v) is 12.5. The number of nitrogens with two attached hydrogens (primary N) is 1. The summed E-state index contributed by atoms with van der Waals surface area (Å²) in [5.74, 6) is -8.38. The van der Waals surface area contributed by atoms with E-state index in [2.05, 4.69) is 45.8 Å². The van der Waals surface area contributed by atoms with Crippen LogP contribution in [0.5, 0.6) is 17.2 Å². The molecule has 31 heteroatoms. The zero-order valence-electron chi connectivity index (χ0n) is 51.3. The van der Waals surface area contributed by atoms with Crippen LogP contribution in [0.2, 0.25) is 0 Å². The van der Waals surface area contributed by atoms with E-state index in [1.807, 2.05) is 24.3 Å². The second-order valence-electron chi connectivity index (χ2n) is 24.0. The first-order chi connectivity index (χ1) is 44.1. The number of anilines is 2. The van der Waals surface area contributed by atoms with E-state index in [1.54, 1.807) is 24.3 Å². The summed E-state index contributed by atoms with van der Waals surface area (Å²) in [7, 11) is 0. The van der Waals surface area contributed by atoms with Crippen molar-refractivity contribution >= 4 is 65.0 Å². The average Bonchev–Trinajstić information content (AvgIpc) is 1.77. The normalized spacial score (nSPS) is 26.9. The number of piperazine rings is 1. The Kier molecular flexibility index (Phi) is 25.8. The highest BCUT2D eigenvalue weighted by atomic mass is 32.2. The molecule has 15 N–H and O–H groups in total. The van der Waals surface area contributed by atoms with Crippen molar-refractivity contribution in [1.29, 1.82) is 0 Å². The van der Waals surface area contributed by atoms with Gasteiger partial charge in [-0.15, -0.1) is 0 Å². The lowest BCUT2D eigenvalue weighted by Crippen LogP contribution is -2.64. The zero-order chi connectivity index (χ0) is 66.2. The third-order valence-corrected chi connectivity index (χ3v) is 17.7. The molecule has 0 unspecified atom stereocenters. The number of phenolic OH excluding ortho intramolecular Hbond substituents is 1. The maximum atomic E-state index is 14.7. The Morgan fingerprint density at radius 2 is 1.38 bits per heavy atom. The third kappa shape index (κ3) is 18.6. The van der Waals surface area contributed by atoms with Gasteiger partial charge in [0.2, 0.25) is 35.4 Å². The summed E-state index contributed by atoms with van der Waals surface area (Å²) >= 11 is 0.0851. The molecule has 3 aromatic carbocycles. The molecule has 506 valence electrons. The first-order valence-corrected chi connectivity index (χ1v) is 31.8. The monoisotopic (exact) mass is 1310 g/mol. The molecule has 7 amide bonds. The fraction of sp³-hybridized carbons (Fsp3) is 0.590. The predicted octanol–water partition coefficient (Wildman–Crippen LogP) is -1.50. The Hall–Kier alpha value is -7.14. The van der Waals surface area contributed by atoms with Crippen LogP contribution in [-0.4, -0.2) is 237 Å². The van der Waals surface area contributed by atoms with Crippen molar-refractivity contribution in [2.24, 2.45) is 11.7 Å². The number of amides is 7. The summed E-state index contributed by atoms with van der Waals surface area (Å²) in [4.78, 5) is 108. The number of hydrogen-bond donors (Lipinski definition) is 14. The minimum Gasteiger partial charge on any atom is -0.504 e. The molecule has 4 aliphatic heterocycles. The van der Waals surface area contributed by atoms with E-state index in [4.69, 9.17) is 24.6 Å². The SMILES string of the molecule is C[C@H](O)[C@@H]1NC(=O)[C@@H](NC(=O)c2ccc(N3CCN(c4ccc(OCCCOC5CCCCC5)cc4)CC3)cc2)C[C@H](O)CNC(=O)[C@@H]2[C@@H](O)[C@H](C)CN2C(=O)[C@H]([C@H](O)CCN)NC(=O)[C@H]([C@H](O)Cc2ccc(O)c(OSOOO)c2)NC(=O)[C@@H]2C[C@H](O)CN2C1=O. The predicted molar refractivity (Wildman–Crippen MR) is 330 cm³/mol. The Morgan fingerprint density at radius 3 is 2.03 bits per heavy atom. The number of nitrogens with one attached hydrogen (secondary N) is 5. The molecule has 8 rings (SSSR count). The number of nitrogens with zero attached hydrogens (tertiary/aromatic N) is 4. The van der Waals surface area contributed by atoms with Crippen molar-refractivity contribution < 1.29 is 97.6 Å². The first-order valence-electron chi connectivity index (χ1n) is 31.1. The summed E-state index contributed by atoms with van der Waals surface area (Å²) in [5, 5.41) is 103. The van der Waals surface area contributed by atoms with Crippen LogP contribution in [0.15, 0.2) is 66.7 Å². The van der Waals surface area contributed by atoms with E-state index in [0.717, 1.165) is 59.2 Å². The van der Waals surface area contributed by atoms with Gasteiger partial charge in [-0.25, -0.2) is 5.26 Å². The van der Waals surface area contributed by atoms with Gasteiger partial charge in [0.15, 0.2) is 11.5 Å². The van der Waals surface area contributed by atoms with Crippen molar-refractivity contribution in [2.75, 3.05) is 75.4 Å². The fourth-order valence-electron chi connectivity index (χ4n) is 12.2. The van der Waals surface area contributed by atoms with Crippen LogP contribution in [0.4, 0.5) is 11.4 Å². The number of β-amino-alcohol motifs (C(OH)–C–C–N with tert-alkyl or cyclic N) is 1. The van der Waals surface area contributed by atoms with Gasteiger partial charge in [-0.3, -0.25) is 33.6 Å². The molecular weight excluding hydrogens is 1220 g/mol. The number of aromatic hydroxyl groups is 1. The highest BCUT2D eigenvalue weighted by Gasteiger charge is 2.50. The number of carbonyl (C=O) groups is 7. The van der Waals surface area contributed by atoms with Crippen LogP contribution in [-0.2, 0) is 49.3 Å². The lowest BCUT2D eigenvalue weighted by atomic mass is 9.98. The molecule has 0 bridgehead atoms. The summed E-state index contributed by atoms with van der Waals surface area (Å²) in [6, 6.07) is 7.13. The van der Waals surface area contributed by atoms with Gasteiger partial charge >= 0.3 is 0 Å². The molecule has 5 aliphatic rings. The zero-order valence-corrected chi connectivity index (χ0v) is 52.1. The number of ether oxygens (including phenoxy) is 2. The highest BCUT2D eigenvalue weighted by molar-refractivity contribution is 7.90. The summed E-state index contributed by atoms with van der Waals surface area (Å²) in [6.45, 7) is 4.88. The third-order valence-electron chi connectivity index (χ3n) is 17.3. The smallest absolute Gasteiger partial charge is 0.261 e. The molecule has 0 aromatic heterocycles. The Labute approximate surface area is 536 Å². The summed E-state index contributed by atoms with van der Waals surface area (Å²) < 4.78 is 21.4. The van der Waals surface area contributed by atoms with Crippen molar-refractivity contribution in [2.45, 2.75) is 157 Å². The number of aliphatic hydroxyl groups excluding tert-OH is 6. The van der Waals surface area contributed by atoms with Crippen LogP contribution in [0.25, 0.3) is 0 Å². The highest BCUT2D eigenvalue weighted by Crippen LogP contribution is 2.32. The number of aliphatic hydroxyl groups is 6. The second-order valence-corrected chi connectivity index (χ2v) is 24.5. The van der Waals surface area contributed by atoms with E-state index in [1.165, 1.54) is 38.3 Å². The largest absolute Gasteiger partial charge is 0.504 e. The van der Waals surface area contributed by atoms with Gasteiger partial charge in [0.1, 0.15) is 42.0 Å². The molecule has 5 fully saturated rings. The minimum absolute atomic E-state index is 0.0851. The molecule has 13 atom stereocenters. The van der Waals surface area contributed by atoms with Gasteiger partial charge in [0.05, 0.1) is 55.9 Å². The number of fused-ring (bicyclic) bond motifs is 2. The standard InChI is InChI=1S/C61H86N10O20S/c1-34-32-71-53(54(34)78)59(83)63-31-40(73)29-44(64-55(79)37-10-12-38(13-11-37)68-21-23-69(24-22-68)39-14-16-43(17-15-39)88-26-6-25-87-42-7-4-3-5-8-42)56(80)65-50(35(2)72)60(84)70-33-41(74)30-45(70)57(81)66-51(58(82)67-52(61(71)85)47(76)19-20-62)48(77)27-36-9-18-46(75)49(28-36)89-92-91-90-86/h9-18,28,34-35,40-42,44-45,47-48,50-54,72-78,86H,3-8,19-27,29-33,62H2,1-2H3,(H,63,83)(H,64,79)(H,65,80)(H,66,81)(H,67,82)/t34-,35+,40+,41+,44+,45+,47-,48-,50+,51+,52+,53+,54+/m1/s1. The summed E-state index contributed by atoms with van der Waals surface area (Å²) in [5.41, 5.74) is 7.88. The van der Waals surface area contributed by atoms with Crippen LogP contribution in [0.3, 0.4) is 0 Å². The number of hydrogen-bond acceptors (Lipinski definition) is 24. The number of rotatable bonds is 21. The molecule has 4 heterocycles. The van der Waals surface area contributed by atoms with Gasteiger partial charge in [-0.2, -0.15) is 0 Å². The lowest BCUT2D eigenvalue weighted by Gasteiger charge is -2.37. The van der Waals surface area contributed by atoms with E-state index in [9.17, 15) is 69.3 Å². The Morgan fingerprint density at radius 1 is 0.739 bits per heavy atom. The van der Waals surface area contributed by atoms with Gasteiger partial charge in [-0.05, 0) is 99.0 Å². The van der Waals surface area contributed by atoms with Crippen molar-refractivity contribution in [3.05, 3.63) is 77.9 Å².